The summed E-state index contributed by atoms with van der Waals surface area (Å²) in [5.41, 5.74) is 5.30. The Morgan fingerprint density at radius 3 is 2.82 bits per heavy atom. The molecule has 0 fully saturated rings. The highest BCUT2D eigenvalue weighted by Crippen LogP contribution is 2.14. The number of nitrogens with zero attached hydrogens (tertiary/aromatic N) is 2. The minimum absolute atomic E-state index is 0.123. The first-order valence-electron chi connectivity index (χ1n) is 2.62. The van der Waals surface area contributed by atoms with Crippen molar-refractivity contribution in [2.24, 2.45) is 0 Å². The van der Waals surface area contributed by atoms with Gasteiger partial charge in [0, 0.05) is 6.20 Å². The van der Waals surface area contributed by atoms with Crippen LogP contribution in [-0.4, -0.2) is 21.0 Å². The highest BCUT2D eigenvalue weighted by atomic mass is 79.9. The topological polar surface area (TPSA) is 89.1 Å². The molecule has 0 atom stereocenters. The van der Waals surface area contributed by atoms with Gasteiger partial charge in [-0.15, -0.1) is 0 Å². The van der Waals surface area contributed by atoms with Gasteiger partial charge >= 0.3 is 5.97 Å². The Morgan fingerprint density at radius 1 is 1.73 bits per heavy atom. The Morgan fingerprint density at radius 2 is 2.36 bits per heavy atom. The minimum Gasteiger partial charge on any atom is -0.475 e. The number of carboxylic acids is 1. The summed E-state index contributed by atoms with van der Waals surface area (Å²) >= 11 is 3.04. The number of halogens is 1. The Labute approximate surface area is 70.4 Å². The van der Waals surface area contributed by atoms with Gasteiger partial charge < -0.3 is 10.8 Å². The third-order valence-corrected chi connectivity index (χ3v) is 1.57. The van der Waals surface area contributed by atoms with Crippen LogP contribution >= 0.6 is 15.9 Å². The molecule has 0 saturated carbocycles. The maximum absolute atomic E-state index is 10.3. The maximum atomic E-state index is 10.3. The van der Waals surface area contributed by atoms with Crippen molar-refractivity contribution in [1.29, 1.82) is 0 Å². The number of aromatic nitrogens is 2. The summed E-state index contributed by atoms with van der Waals surface area (Å²) in [6, 6.07) is 0. The first-order valence-corrected chi connectivity index (χ1v) is 3.42. The monoisotopic (exact) mass is 217 g/mol. The van der Waals surface area contributed by atoms with Crippen LogP contribution in [0, 0.1) is 0 Å². The molecule has 0 spiro atoms. The molecule has 3 N–H and O–H groups in total. The summed E-state index contributed by atoms with van der Waals surface area (Å²) in [6.07, 6.45) is 1.30. The maximum Gasteiger partial charge on any atom is 0.374 e. The van der Waals surface area contributed by atoms with Crippen molar-refractivity contribution in [3.05, 3.63) is 16.5 Å². The van der Waals surface area contributed by atoms with Crippen molar-refractivity contribution in [1.82, 2.24) is 9.97 Å². The molecule has 1 rings (SSSR count). The van der Waals surface area contributed by atoms with Crippen molar-refractivity contribution in [3.8, 4) is 0 Å². The zero-order chi connectivity index (χ0) is 8.43. The number of carboxylic acid groups (broad SMARTS) is 1. The number of hydrogen-bond donors (Lipinski definition) is 2. The summed E-state index contributed by atoms with van der Waals surface area (Å²) < 4.78 is 0.488. The van der Waals surface area contributed by atoms with Crippen LogP contribution in [-0.2, 0) is 0 Å². The highest BCUT2D eigenvalue weighted by Gasteiger charge is 2.07. The number of nitrogens with two attached hydrogens (primary N) is 1. The molecule has 0 amide bonds. The molecule has 6 heteroatoms. The van der Waals surface area contributed by atoms with Gasteiger partial charge in [-0.2, -0.15) is 0 Å². The summed E-state index contributed by atoms with van der Waals surface area (Å²) in [6.45, 7) is 0. The van der Waals surface area contributed by atoms with Crippen LogP contribution in [0.25, 0.3) is 0 Å². The van der Waals surface area contributed by atoms with Gasteiger partial charge in [0.05, 0.1) is 4.47 Å². The van der Waals surface area contributed by atoms with E-state index >= 15 is 0 Å². The van der Waals surface area contributed by atoms with E-state index in [2.05, 4.69) is 25.9 Å². The van der Waals surface area contributed by atoms with E-state index in [1.165, 1.54) is 6.20 Å². The molecule has 0 saturated heterocycles. The zero-order valence-electron chi connectivity index (χ0n) is 5.28. The number of anilines is 1. The number of nitrogen functional groups attached to an aromatic ring is 1. The van der Waals surface area contributed by atoms with Crippen LogP contribution in [0.3, 0.4) is 0 Å². The van der Waals surface area contributed by atoms with E-state index in [1.807, 2.05) is 0 Å². The van der Waals surface area contributed by atoms with Gasteiger partial charge in [-0.3, -0.25) is 0 Å². The largest absolute Gasteiger partial charge is 0.475 e. The fourth-order valence-electron chi connectivity index (χ4n) is 0.483. The van der Waals surface area contributed by atoms with Gasteiger partial charge in [0.25, 0.3) is 0 Å². The average molecular weight is 218 g/mol. The zero-order valence-corrected chi connectivity index (χ0v) is 6.87. The second kappa shape index (κ2) is 2.83. The summed E-state index contributed by atoms with van der Waals surface area (Å²) in [5.74, 6) is -1.37. The third-order valence-electron chi connectivity index (χ3n) is 0.963. The first-order chi connectivity index (χ1) is 5.11. The van der Waals surface area contributed by atoms with Crippen LogP contribution < -0.4 is 5.73 Å². The fraction of sp³-hybridized carbons (Fsp3) is 0. The number of rotatable bonds is 1. The van der Waals surface area contributed by atoms with E-state index in [-0.39, 0.29) is 11.6 Å². The van der Waals surface area contributed by atoms with E-state index < -0.39 is 5.97 Å². The van der Waals surface area contributed by atoms with E-state index in [4.69, 9.17) is 10.8 Å². The molecule has 5 nitrogen and oxygen atoms in total. The van der Waals surface area contributed by atoms with E-state index in [0.717, 1.165) is 0 Å². The SMILES string of the molecule is Nc1nc(C(=O)O)ncc1Br. The molecule has 1 aromatic rings. The summed E-state index contributed by atoms with van der Waals surface area (Å²) in [4.78, 5) is 17.3. The standard InChI is InChI=1S/C5H4BrN3O2/c6-2-1-8-4(5(10)11)9-3(2)7/h1H,(H,10,11)(H2,7,8,9). The van der Waals surface area contributed by atoms with Gasteiger partial charge in [0.2, 0.25) is 5.82 Å². The predicted molar refractivity (Wildman–Crippen MR) is 41.1 cm³/mol. The Bertz CT molecular complexity index is 302. The van der Waals surface area contributed by atoms with Crippen LogP contribution in [0.15, 0.2) is 10.7 Å². The van der Waals surface area contributed by atoms with Crippen LogP contribution in [0.1, 0.15) is 10.6 Å². The number of hydrogen-bond acceptors (Lipinski definition) is 4. The molecule has 0 aliphatic rings. The second-order valence-corrected chi connectivity index (χ2v) is 2.59. The molecule has 11 heavy (non-hydrogen) atoms. The normalized spacial score (nSPS) is 9.55. The molecule has 58 valence electrons. The van der Waals surface area contributed by atoms with Crippen molar-refractivity contribution >= 4 is 27.7 Å². The second-order valence-electron chi connectivity index (χ2n) is 1.73. The van der Waals surface area contributed by atoms with E-state index in [0.29, 0.717) is 4.47 Å². The smallest absolute Gasteiger partial charge is 0.374 e. The summed E-state index contributed by atoms with van der Waals surface area (Å²) in [5, 5.41) is 8.40. The molecule has 1 heterocycles. The molecule has 0 unspecified atom stereocenters. The van der Waals surface area contributed by atoms with E-state index in [9.17, 15) is 4.79 Å². The number of aromatic carboxylic acids is 1. The average Bonchev–Trinajstić information content (AvgIpc) is 1.94. The van der Waals surface area contributed by atoms with E-state index in [1.54, 1.807) is 0 Å². The van der Waals surface area contributed by atoms with Gasteiger partial charge in [0.1, 0.15) is 5.82 Å². The lowest BCUT2D eigenvalue weighted by Crippen LogP contribution is -2.06. The lowest BCUT2D eigenvalue weighted by molar-refractivity contribution is 0.0683. The fourth-order valence-corrected chi connectivity index (χ4v) is 0.674. The molecular weight excluding hydrogens is 214 g/mol. The highest BCUT2D eigenvalue weighted by molar-refractivity contribution is 9.10. The first kappa shape index (κ1) is 7.93. The van der Waals surface area contributed by atoms with Gasteiger partial charge in [-0.25, -0.2) is 14.8 Å². The van der Waals surface area contributed by atoms with Gasteiger partial charge in [-0.05, 0) is 15.9 Å². The third kappa shape index (κ3) is 1.64. The molecule has 0 radical (unpaired) electrons. The van der Waals surface area contributed by atoms with Crippen molar-refractivity contribution in [2.75, 3.05) is 5.73 Å². The lowest BCUT2D eigenvalue weighted by Gasteiger charge is -1.96. The van der Waals surface area contributed by atoms with Crippen molar-refractivity contribution in [2.45, 2.75) is 0 Å². The molecule has 0 aromatic carbocycles. The van der Waals surface area contributed by atoms with Crippen molar-refractivity contribution < 1.29 is 9.90 Å². The minimum atomic E-state index is -1.19. The molecule has 0 aliphatic heterocycles. The molecular formula is C5H4BrN3O2. The number of carbonyl (C=O) groups is 1. The Balaban J connectivity index is 3.15. The quantitative estimate of drug-likeness (QED) is 0.717. The Kier molecular flexibility index (Phi) is 2.04. The summed E-state index contributed by atoms with van der Waals surface area (Å²) in [7, 11) is 0. The Hall–Kier alpha value is -1.17. The molecule has 0 aliphatic carbocycles. The molecule has 1 aromatic heterocycles. The lowest BCUT2D eigenvalue weighted by atomic mass is 10.5. The predicted octanol–water partition coefficient (Wildman–Crippen LogP) is 0.519. The van der Waals surface area contributed by atoms with Crippen LogP contribution in [0.2, 0.25) is 0 Å². The van der Waals surface area contributed by atoms with Crippen LogP contribution in [0.4, 0.5) is 5.82 Å². The van der Waals surface area contributed by atoms with Crippen molar-refractivity contribution in [3.63, 3.8) is 0 Å². The van der Waals surface area contributed by atoms with Crippen LogP contribution in [0.5, 0.6) is 0 Å². The van der Waals surface area contributed by atoms with Gasteiger partial charge in [-0.1, -0.05) is 0 Å². The molecule has 0 bridgehead atoms. The van der Waals surface area contributed by atoms with Gasteiger partial charge in [0.15, 0.2) is 0 Å².